The van der Waals surface area contributed by atoms with Crippen LogP contribution in [0.2, 0.25) is 5.02 Å². The van der Waals surface area contributed by atoms with Gasteiger partial charge in [0.25, 0.3) is 5.56 Å². The summed E-state index contributed by atoms with van der Waals surface area (Å²) in [6.45, 7) is 4.48. The van der Waals surface area contributed by atoms with Crippen molar-refractivity contribution in [3.8, 4) is 6.01 Å². The summed E-state index contributed by atoms with van der Waals surface area (Å²) in [6.07, 6.45) is -4.17. The summed E-state index contributed by atoms with van der Waals surface area (Å²) < 4.78 is 52.1. The van der Waals surface area contributed by atoms with E-state index in [2.05, 4.69) is 20.7 Å². The fraction of sp³-hybridized carbons (Fsp3) is 0.478. The van der Waals surface area contributed by atoms with Crippen molar-refractivity contribution < 1.29 is 27.4 Å². The molecule has 1 saturated heterocycles. The van der Waals surface area contributed by atoms with Crippen molar-refractivity contribution in [3.63, 3.8) is 0 Å². The molecule has 1 aromatic carbocycles. The Balaban J connectivity index is 1.73. The van der Waals surface area contributed by atoms with Gasteiger partial charge in [-0.1, -0.05) is 18.5 Å². The topological polar surface area (TPSA) is 115 Å². The maximum absolute atomic E-state index is 13.5. The summed E-state index contributed by atoms with van der Waals surface area (Å²) >= 11 is 6.02. The highest BCUT2D eigenvalue weighted by Gasteiger charge is 2.31. The number of ether oxygens (including phenoxy) is 2. The highest BCUT2D eigenvalue weighted by Crippen LogP contribution is 2.33. The molecule has 206 valence electrons. The molecule has 3 heterocycles. The van der Waals surface area contributed by atoms with Gasteiger partial charge in [0.05, 0.1) is 28.6 Å². The van der Waals surface area contributed by atoms with Crippen LogP contribution in [0.25, 0.3) is 5.78 Å². The number of anilines is 2. The second-order valence-corrected chi connectivity index (χ2v) is 8.87. The van der Waals surface area contributed by atoms with Crippen LogP contribution >= 0.6 is 11.6 Å². The van der Waals surface area contributed by atoms with E-state index in [1.54, 1.807) is 4.57 Å². The number of halogens is 4. The third kappa shape index (κ3) is 5.87. The molecule has 1 fully saturated rings. The predicted octanol–water partition coefficient (Wildman–Crippen LogP) is 2.20. The van der Waals surface area contributed by atoms with Crippen LogP contribution in [0.15, 0.2) is 23.0 Å². The van der Waals surface area contributed by atoms with Crippen LogP contribution in [0.3, 0.4) is 0 Å². The number of rotatable bonds is 9. The molecule has 0 radical (unpaired) electrons. The lowest BCUT2D eigenvalue weighted by atomic mass is 10.2. The summed E-state index contributed by atoms with van der Waals surface area (Å²) in [5.41, 5.74) is -0.340. The zero-order valence-corrected chi connectivity index (χ0v) is 21.5. The maximum Gasteiger partial charge on any atom is 0.416 e. The van der Waals surface area contributed by atoms with Gasteiger partial charge in [-0.3, -0.25) is 9.59 Å². The molecule has 0 atom stereocenters. The van der Waals surface area contributed by atoms with Crippen LogP contribution in [0.1, 0.15) is 18.2 Å². The molecule has 15 heteroatoms. The van der Waals surface area contributed by atoms with Gasteiger partial charge in [-0.25, -0.2) is 0 Å². The Hall–Kier alpha value is -3.36. The third-order valence-electron chi connectivity index (χ3n) is 5.97. The first-order valence-electron chi connectivity index (χ1n) is 11.9. The largest absolute Gasteiger partial charge is 0.460 e. The van der Waals surface area contributed by atoms with Crippen molar-refractivity contribution in [2.45, 2.75) is 26.1 Å². The van der Waals surface area contributed by atoms with Crippen LogP contribution < -0.4 is 25.8 Å². The molecule has 0 spiro atoms. The molecular formula is C23H27ClF3N7O4. The van der Waals surface area contributed by atoms with Crippen LogP contribution in [-0.2, 0) is 28.7 Å². The van der Waals surface area contributed by atoms with Gasteiger partial charge in [0.1, 0.15) is 18.8 Å². The van der Waals surface area contributed by atoms with E-state index in [1.807, 2.05) is 11.8 Å². The Bertz CT molecular complexity index is 1370. The smallest absolute Gasteiger partial charge is 0.416 e. The Kier molecular flexibility index (Phi) is 8.43. The first-order chi connectivity index (χ1) is 18.1. The molecule has 2 aromatic heterocycles. The van der Waals surface area contributed by atoms with Crippen molar-refractivity contribution in [2.24, 2.45) is 0 Å². The van der Waals surface area contributed by atoms with Crippen molar-refractivity contribution in [2.75, 3.05) is 56.7 Å². The Morgan fingerprint density at radius 1 is 1.24 bits per heavy atom. The van der Waals surface area contributed by atoms with E-state index in [1.165, 1.54) is 7.11 Å². The van der Waals surface area contributed by atoms with Gasteiger partial charge in [0.2, 0.25) is 11.7 Å². The predicted molar refractivity (Wildman–Crippen MR) is 134 cm³/mol. The molecule has 4 rings (SSSR count). The molecule has 3 aromatic rings. The molecule has 0 saturated carbocycles. The van der Waals surface area contributed by atoms with Gasteiger partial charge >= 0.3 is 12.2 Å². The second-order valence-electron chi connectivity index (χ2n) is 8.47. The molecule has 0 unspecified atom stereocenters. The number of aromatic nitrogens is 4. The quantitative estimate of drug-likeness (QED) is 0.385. The first-order valence-corrected chi connectivity index (χ1v) is 12.3. The SMILES string of the molecule is CCc1c(N2CCNCC2)c(=O)n2nc(OCCOC)nc2n1CC(=O)Nc1ccc(C(F)(F)F)cc1Cl. The van der Waals surface area contributed by atoms with E-state index in [-0.39, 0.29) is 42.3 Å². The van der Waals surface area contributed by atoms with E-state index < -0.39 is 23.2 Å². The van der Waals surface area contributed by atoms with E-state index in [0.717, 1.165) is 22.7 Å². The monoisotopic (exact) mass is 557 g/mol. The molecule has 11 nitrogen and oxygen atoms in total. The molecule has 2 N–H and O–H groups in total. The molecule has 1 amide bonds. The van der Waals surface area contributed by atoms with Gasteiger partial charge in [0.15, 0.2) is 0 Å². The minimum absolute atomic E-state index is 0.0205. The summed E-state index contributed by atoms with van der Waals surface area (Å²) in [5.74, 6) is -0.491. The van der Waals surface area contributed by atoms with Crippen molar-refractivity contribution in [3.05, 3.63) is 44.8 Å². The lowest BCUT2D eigenvalue weighted by Crippen LogP contribution is -2.47. The molecule has 38 heavy (non-hydrogen) atoms. The number of fused-ring (bicyclic) bond motifs is 1. The number of methoxy groups -OCH3 is 1. The Labute approximate surface area is 220 Å². The Morgan fingerprint density at radius 3 is 2.61 bits per heavy atom. The lowest BCUT2D eigenvalue weighted by Gasteiger charge is -2.31. The second kappa shape index (κ2) is 11.6. The zero-order valence-electron chi connectivity index (χ0n) is 20.8. The first kappa shape index (κ1) is 27.7. The van der Waals surface area contributed by atoms with Gasteiger partial charge < -0.3 is 29.6 Å². The number of carbonyl (C=O) groups is 1. The maximum atomic E-state index is 13.5. The fourth-order valence-electron chi connectivity index (χ4n) is 4.20. The Morgan fingerprint density at radius 2 is 1.97 bits per heavy atom. The number of benzene rings is 1. The molecular weight excluding hydrogens is 531 g/mol. The minimum atomic E-state index is -4.57. The number of nitrogens with one attached hydrogen (secondary N) is 2. The van der Waals surface area contributed by atoms with Crippen LogP contribution in [0.4, 0.5) is 24.5 Å². The number of alkyl halides is 3. The summed E-state index contributed by atoms with van der Waals surface area (Å²) in [4.78, 5) is 32.9. The van der Waals surface area contributed by atoms with E-state index >= 15 is 0 Å². The standard InChI is InChI=1S/C23H27ClF3N7O4/c1-3-17-19(32-8-6-28-7-9-32)20(36)34-22(30-21(31-34)38-11-10-37-2)33(17)13-18(35)29-16-5-4-14(12-15(16)24)23(25,26)27/h4-5,12,28H,3,6-11,13H2,1-2H3,(H,29,35). The highest BCUT2D eigenvalue weighted by atomic mass is 35.5. The molecule has 1 aliphatic rings. The number of nitrogens with zero attached hydrogens (tertiary/aromatic N) is 5. The van der Waals surface area contributed by atoms with Crippen molar-refractivity contribution >= 4 is 34.7 Å². The number of carbonyl (C=O) groups excluding carboxylic acids is 1. The number of amides is 1. The van der Waals surface area contributed by atoms with E-state index in [0.29, 0.717) is 44.0 Å². The number of hydrogen-bond donors (Lipinski definition) is 2. The molecule has 1 aliphatic heterocycles. The van der Waals surface area contributed by atoms with E-state index in [4.69, 9.17) is 21.1 Å². The van der Waals surface area contributed by atoms with Crippen LogP contribution in [0, 0.1) is 0 Å². The van der Waals surface area contributed by atoms with E-state index in [9.17, 15) is 22.8 Å². The van der Waals surface area contributed by atoms with Crippen molar-refractivity contribution in [1.82, 2.24) is 24.5 Å². The third-order valence-corrected chi connectivity index (χ3v) is 6.28. The van der Waals surface area contributed by atoms with Gasteiger partial charge in [-0.15, -0.1) is 5.10 Å². The average Bonchev–Trinajstić information content (AvgIpc) is 3.31. The molecule has 0 aliphatic carbocycles. The number of hydrogen-bond acceptors (Lipinski definition) is 8. The summed E-state index contributed by atoms with van der Waals surface area (Å²) in [7, 11) is 1.51. The zero-order chi connectivity index (χ0) is 27.4. The van der Waals surface area contributed by atoms with Gasteiger partial charge in [-0.05, 0) is 24.6 Å². The highest BCUT2D eigenvalue weighted by molar-refractivity contribution is 6.33. The normalized spacial score (nSPS) is 14.2. The fourth-order valence-corrected chi connectivity index (χ4v) is 4.43. The van der Waals surface area contributed by atoms with Gasteiger partial charge in [-0.2, -0.15) is 22.7 Å². The van der Waals surface area contributed by atoms with Crippen LogP contribution in [-0.4, -0.2) is 71.6 Å². The summed E-state index contributed by atoms with van der Waals surface area (Å²) in [5, 5.41) is 9.74. The molecule has 0 bridgehead atoms. The average molecular weight is 558 g/mol. The minimum Gasteiger partial charge on any atom is -0.460 e. The van der Waals surface area contributed by atoms with Gasteiger partial charge in [0, 0.05) is 33.3 Å². The van der Waals surface area contributed by atoms with Crippen molar-refractivity contribution in [1.29, 1.82) is 0 Å². The van der Waals surface area contributed by atoms with Crippen LogP contribution in [0.5, 0.6) is 6.01 Å². The summed E-state index contributed by atoms with van der Waals surface area (Å²) in [6, 6.07) is 2.62. The lowest BCUT2D eigenvalue weighted by molar-refractivity contribution is -0.137. The number of piperazine rings is 1.